The Bertz CT molecular complexity index is 484. The number of hydrogen-bond acceptors (Lipinski definition) is 4. The topological polar surface area (TPSA) is 76.7 Å². The summed E-state index contributed by atoms with van der Waals surface area (Å²) in [4.78, 5) is 23.4. The first-order chi connectivity index (χ1) is 9.69. The molecular formula is C14H18N2O4. The van der Waals surface area contributed by atoms with Crippen molar-refractivity contribution in [3.05, 3.63) is 24.3 Å². The van der Waals surface area contributed by atoms with Crippen LogP contribution in [0.25, 0.3) is 0 Å². The number of ether oxygens (including phenoxy) is 2. The summed E-state index contributed by atoms with van der Waals surface area (Å²) in [5.41, 5.74) is 0.515. The molecule has 1 heterocycles. The number of anilines is 1. The quantitative estimate of drug-likeness (QED) is 0.803. The molecule has 1 saturated heterocycles. The monoisotopic (exact) mass is 278 g/mol. The van der Waals surface area contributed by atoms with Crippen molar-refractivity contribution in [1.82, 2.24) is 5.32 Å². The van der Waals surface area contributed by atoms with Crippen LogP contribution in [-0.2, 0) is 14.3 Å². The zero-order valence-electron chi connectivity index (χ0n) is 11.3. The molecule has 2 N–H and O–H groups in total. The second kappa shape index (κ2) is 6.91. The molecule has 20 heavy (non-hydrogen) atoms. The molecule has 0 spiro atoms. The molecule has 2 rings (SSSR count). The summed E-state index contributed by atoms with van der Waals surface area (Å²) in [7, 11) is 1.54. The maximum Gasteiger partial charge on any atom is 0.313 e. The van der Waals surface area contributed by atoms with Crippen LogP contribution >= 0.6 is 0 Å². The normalized spacial score (nSPS) is 17.6. The molecule has 1 atom stereocenters. The van der Waals surface area contributed by atoms with Gasteiger partial charge in [0.25, 0.3) is 0 Å². The first kappa shape index (κ1) is 14.3. The van der Waals surface area contributed by atoms with E-state index >= 15 is 0 Å². The van der Waals surface area contributed by atoms with Crippen LogP contribution in [0.5, 0.6) is 5.75 Å². The van der Waals surface area contributed by atoms with Gasteiger partial charge in [-0.25, -0.2) is 0 Å². The van der Waals surface area contributed by atoms with E-state index in [1.54, 1.807) is 24.3 Å². The summed E-state index contributed by atoms with van der Waals surface area (Å²) in [5, 5.41) is 5.09. The molecule has 1 aromatic carbocycles. The molecule has 1 aromatic rings. The van der Waals surface area contributed by atoms with Gasteiger partial charge in [0.15, 0.2) is 0 Å². The molecule has 2 amide bonds. The fourth-order valence-electron chi connectivity index (χ4n) is 1.98. The van der Waals surface area contributed by atoms with E-state index in [2.05, 4.69) is 10.6 Å². The Morgan fingerprint density at radius 2 is 2.25 bits per heavy atom. The van der Waals surface area contributed by atoms with Crippen molar-refractivity contribution in [2.75, 3.05) is 25.6 Å². The molecule has 1 aliphatic heterocycles. The van der Waals surface area contributed by atoms with E-state index < -0.39 is 11.8 Å². The Morgan fingerprint density at radius 3 is 2.95 bits per heavy atom. The van der Waals surface area contributed by atoms with Crippen molar-refractivity contribution in [3.8, 4) is 5.75 Å². The fraction of sp³-hybridized carbons (Fsp3) is 0.429. The number of nitrogens with one attached hydrogen (secondary N) is 2. The average Bonchev–Trinajstić information content (AvgIpc) is 2.98. The summed E-state index contributed by atoms with van der Waals surface area (Å²) in [6, 6.07) is 6.82. The number of carbonyl (C=O) groups is 2. The van der Waals surface area contributed by atoms with Gasteiger partial charge in [-0.1, -0.05) is 6.07 Å². The Hall–Kier alpha value is -2.08. The number of rotatable bonds is 4. The minimum absolute atomic E-state index is 0.0172. The van der Waals surface area contributed by atoms with Crippen molar-refractivity contribution in [2.24, 2.45) is 0 Å². The number of hydrogen-bond donors (Lipinski definition) is 2. The third-order valence-corrected chi connectivity index (χ3v) is 3.05. The summed E-state index contributed by atoms with van der Waals surface area (Å²) in [6.45, 7) is 1.08. The number of amides is 2. The van der Waals surface area contributed by atoms with E-state index in [0.29, 0.717) is 18.0 Å². The van der Waals surface area contributed by atoms with Crippen LogP contribution in [-0.4, -0.2) is 38.2 Å². The van der Waals surface area contributed by atoms with Gasteiger partial charge >= 0.3 is 11.8 Å². The molecule has 0 aliphatic carbocycles. The van der Waals surface area contributed by atoms with Crippen LogP contribution < -0.4 is 15.4 Å². The Balaban J connectivity index is 1.82. The Labute approximate surface area is 117 Å². The molecule has 108 valence electrons. The van der Waals surface area contributed by atoms with Crippen LogP contribution in [0.15, 0.2) is 24.3 Å². The van der Waals surface area contributed by atoms with E-state index in [4.69, 9.17) is 9.47 Å². The van der Waals surface area contributed by atoms with Gasteiger partial charge in [0, 0.05) is 24.9 Å². The lowest BCUT2D eigenvalue weighted by Crippen LogP contribution is -2.39. The van der Waals surface area contributed by atoms with Crippen LogP contribution in [0, 0.1) is 0 Å². The zero-order valence-corrected chi connectivity index (χ0v) is 11.3. The largest absolute Gasteiger partial charge is 0.497 e. The van der Waals surface area contributed by atoms with Crippen molar-refractivity contribution >= 4 is 17.5 Å². The molecule has 6 nitrogen and oxygen atoms in total. The van der Waals surface area contributed by atoms with Gasteiger partial charge in [0.1, 0.15) is 5.75 Å². The highest BCUT2D eigenvalue weighted by molar-refractivity contribution is 6.39. The van der Waals surface area contributed by atoms with Crippen LogP contribution in [0.3, 0.4) is 0 Å². The second-order valence-corrected chi connectivity index (χ2v) is 4.53. The molecule has 0 bridgehead atoms. The van der Waals surface area contributed by atoms with E-state index in [-0.39, 0.29) is 6.10 Å². The number of methoxy groups -OCH3 is 1. The maximum absolute atomic E-state index is 11.7. The van der Waals surface area contributed by atoms with Gasteiger partial charge in [-0.05, 0) is 25.0 Å². The average molecular weight is 278 g/mol. The lowest BCUT2D eigenvalue weighted by Gasteiger charge is -2.11. The van der Waals surface area contributed by atoms with Crippen molar-refractivity contribution in [3.63, 3.8) is 0 Å². The fourth-order valence-corrected chi connectivity index (χ4v) is 1.98. The smallest absolute Gasteiger partial charge is 0.313 e. The van der Waals surface area contributed by atoms with E-state index in [1.165, 1.54) is 7.11 Å². The highest BCUT2D eigenvalue weighted by atomic mass is 16.5. The SMILES string of the molecule is COc1cccc(NC(=O)C(=O)NC[C@H]2CCCO2)c1. The molecular weight excluding hydrogens is 260 g/mol. The third kappa shape index (κ3) is 3.96. The Kier molecular flexibility index (Phi) is 4.95. The molecule has 0 aromatic heterocycles. The van der Waals surface area contributed by atoms with E-state index in [1.807, 2.05) is 0 Å². The lowest BCUT2D eigenvalue weighted by molar-refractivity contribution is -0.136. The first-order valence-corrected chi connectivity index (χ1v) is 6.54. The van der Waals surface area contributed by atoms with Gasteiger partial charge in [-0.2, -0.15) is 0 Å². The van der Waals surface area contributed by atoms with Crippen molar-refractivity contribution in [1.29, 1.82) is 0 Å². The summed E-state index contributed by atoms with van der Waals surface area (Å²) < 4.78 is 10.4. The highest BCUT2D eigenvalue weighted by Gasteiger charge is 2.19. The van der Waals surface area contributed by atoms with Gasteiger partial charge < -0.3 is 20.1 Å². The molecule has 1 aliphatic rings. The summed E-state index contributed by atoms with van der Waals surface area (Å²) in [5.74, 6) is -0.748. The van der Waals surface area contributed by atoms with Gasteiger partial charge in [-0.3, -0.25) is 9.59 Å². The van der Waals surface area contributed by atoms with Gasteiger partial charge in [0.05, 0.1) is 13.2 Å². The van der Waals surface area contributed by atoms with Crippen LogP contribution in [0.4, 0.5) is 5.69 Å². The first-order valence-electron chi connectivity index (χ1n) is 6.54. The van der Waals surface area contributed by atoms with Crippen molar-refractivity contribution < 1.29 is 19.1 Å². The lowest BCUT2D eigenvalue weighted by atomic mass is 10.2. The number of carbonyl (C=O) groups excluding carboxylic acids is 2. The summed E-state index contributed by atoms with van der Waals surface area (Å²) >= 11 is 0. The van der Waals surface area contributed by atoms with Gasteiger partial charge in [-0.15, -0.1) is 0 Å². The van der Waals surface area contributed by atoms with Crippen molar-refractivity contribution in [2.45, 2.75) is 18.9 Å². The van der Waals surface area contributed by atoms with Crippen LogP contribution in [0.2, 0.25) is 0 Å². The molecule has 1 fully saturated rings. The minimum Gasteiger partial charge on any atom is -0.497 e. The minimum atomic E-state index is -0.698. The molecule has 0 radical (unpaired) electrons. The third-order valence-electron chi connectivity index (χ3n) is 3.05. The van der Waals surface area contributed by atoms with Gasteiger partial charge in [0.2, 0.25) is 0 Å². The second-order valence-electron chi connectivity index (χ2n) is 4.53. The predicted octanol–water partition coefficient (Wildman–Crippen LogP) is 0.929. The molecule has 0 unspecified atom stereocenters. The van der Waals surface area contributed by atoms with E-state index in [9.17, 15) is 9.59 Å². The standard InChI is InChI=1S/C14H18N2O4/c1-19-11-5-2-4-10(8-11)16-14(18)13(17)15-9-12-6-3-7-20-12/h2,4-5,8,12H,3,6-7,9H2,1H3,(H,15,17)(H,16,18)/t12-/m1/s1. The molecule has 0 saturated carbocycles. The zero-order chi connectivity index (χ0) is 14.4. The predicted molar refractivity (Wildman–Crippen MR) is 73.6 cm³/mol. The highest BCUT2D eigenvalue weighted by Crippen LogP contribution is 2.16. The Morgan fingerprint density at radius 1 is 1.40 bits per heavy atom. The summed E-state index contributed by atoms with van der Waals surface area (Å²) in [6.07, 6.45) is 1.93. The van der Waals surface area contributed by atoms with E-state index in [0.717, 1.165) is 19.4 Å². The maximum atomic E-state index is 11.7. The molecule has 6 heteroatoms. The number of benzene rings is 1. The van der Waals surface area contributed by atoms with Crippen LogP contribution in [0.1, 0.15) is 12.8 Å².